The summed E-state index contributed by atoms with van der Waals surface area (Å²) in [5.41, 5.74) is 2.47. The number of aliphatic imine (C=N–C) groups is 1. The Morgan fingerprint density at radius 3 is 2.89 bits per heavy atom. The van der Waals surface area contributed by atoms with Crippen molar-refractivity contribution in [2.45, 2.75) is 26.4 Å². The summed E-state index contributed by atoms with van der Waals surface area (Å²) in [7, 11) is 0. The van der Waals surface area contributed by atoms with Gasteiger partial charge in [-0.25, -0.2) is 0 Å². The van der Waals surface area contributed by atoms with Crippen LogP contribution in [0.3, 0.4) is 0 Å². The van der Waals surface area contributed by atoms with Gasteiger partial charge in [-0.05, 0) is 55.0 Å². The third-order valence-electron chi connectivity index (χ3n) is 4.36. The molecule has 0 bridgehead atoms. The van der Waals surface area contributed by atoms with E-state index < -0.39 is 6.10 Å². The number of nitrogens with zero attached hydrogens (tertiary/aromatic N) is 2. The summed E-state index contributed by atoms with van der Waals surface area (Å²) in [4.78, 5) is 9.63. The van der Waals surface area contributed by atoms with Crippen molar-refractivity contribution in [3.8, 4) is 0 Å². The second kappa shape index (κ2) is 9.48. The summed E-state index contributed by atoms with van der Waals surface area (Å²) in [6.45, 7) is 5.99. The highest BCUT2D eigenvalue weighted by atomic mass is 32.1. The maximum Gasteiger partial charge on any atom is 0.191 e. The largest absolute Gasteiger partial charge is 0.386 e. The van der Waals surface area contributed by atoms with E-state index in [0.717, 1.165) is 30.3 Å². The average molecular weight is 383 g/mol. The van der Waals surface area contributed by atoms with E-state index in [0.29, 0.717) is 6.54 Å². The lowest BCUT2D eigenvalue weighted by molar-refractivity contribution is 0.191. The van der Waals surface area contributed by atoms with Crippen molar-refractivity contribution in [1.29, 1.82) is 0 Å². The van der Waals surface area contributed by atoms with E-state index in [1.165, 1.54) is 21.2 Å². The van der Waals surface area contributed by atoms with Crippen molar-refractivity contribution < 1.29 is 5.11 Å². The number of hydrogen-bond acceptors (Lipinski definition) is 4. The number of hydrogen-bond donors (Lipinski definition) is 3. The summed E-state index contributed by atoms with van der Waals surface area (Å²) in [5.74, 6) is 0.726. The predicted octanol–water partition coefficient (Wildman–Crippen LogP) is 3.44. The van der Waals surface area contributed by atoms with Crippen LogP contribution in [0.4, 0.5) is 0 Å². The molecule has 0 radical (unpaired) electrons. The lowest BCUT2D eigenvalue weighted by Gasteiger charge is -2.13. The van der Waals surface area contributed by atoms with Gasteiger partial charge in [0.1, 0.15) is 6.10 Å². The molecule has 3 N–H and O–H groups in total. The Bertz CT molecular complexity index is 873. The molecule has 27 heavy (non-hydrogen) atoms. The zero-order chi connectivity index (χ0) is 19.1. The van der Waals surface area contributed by atoms with Gasteiger partial charge in [0.05, 0.1) is 6.54 Å². The summed E-state index contributed by atoms with van der Waals surface area (Å²) < 4.78 is 1.19. The van der Waals surface area contributed by atoms with Gasteiger partial charge in [0.25, 0.3) is 0 Å². The van der Waals surface area contributed by atoms with Crippen molar-refractivity contribution in [2.24, 2.45) is 4.99 Å². The Hall–Kier alpha value is -2.44. The third-order valence-corrected chi connectivity index (χ3v) is 5.58. The number of rotatable bonds is 7. The predicted molar refractivity (Wildman–Crippen MR) is 113 cm³/mol. The molecule has 1 unspecified atom stereocenters. The van der Waals surface area contributed by atoms with Crippen LogP contribution >= 0.6 is 11.3 Å². The molecule has 0 saturated carbocycles. The summed E-state index contributed by atoms with van der Waals surface area (Å²) in [6, 6.07) is 12.3. The van der Waals surface area contributed by atoms with Gasteiger partial charge in [-0.2, -0.15) is 0 Å². The van der Waals surface area contributed by atoms with Crippen LogP contribution in [-0.4, -0.2) is 35.7 Å². The Kier molecular flexibility index (Phi) is 6.79. The Balaban J connectivity index is 1.58. The van der Waals surface area contributed by atoms with Crippen molar-refractivity contribution >= 4 is 27.4 Å². The quantitative estimate of drug-likeness (QED) is 0.432. The average Bonchev–Trinajstić information content (AvgIpc) is 3.11. The molecule has 0 aliphatic heterocycles. The zero-order valence-corrected chi connectivity index (χ0v) is 16.6. The second-order valence-corrected chi connectivity index (χ2v) is 7.52. The number of thiophene rings is 1. The summed E-state index contributed by atoms with van der Waals surface area (Å²) >= 11 is 1.62. The fraction of sp³-hybridized carbons (Fsp3) is 0.333. The molecule has 3 aromatic rings. The summed E-state index contributed by atoms with van der Waals surface area (Å²) in [6.07, 6.45) is 4.01. The van der Waals surface area contributed by atoms with Crippen LogP contribution in [0.15, 0.2) is 53.8 Å². The maximum atomic E-state index is 10.5. The lowest BCUT2D eigenvalue weighted by atomic mass is 10.1. The van der Waals surface area contributed by atoms with Gasteiger partial charge in [0, 0.05) is 35.1 Å². The number of fused-ring (bicyclic) bond motifs is 1. The molecule has 1 atom stereocenters. The Morgan fingerprint density at radius 2 is 2.11 bits per heavy atom. The molecule has 0 aliphatic carbocycles. The lowest BCUT2D eigenvalue weighted by Crippen LogP contribution is -2.38. The smallest absolute Gasteiger partial charge is 0.191 e. The second-order valence-electron chi connectivity index (χ2n) is 6.40. The molecule has 2 aromatic heterocycles. The van der Waals surface area contributed by atoms with Crippen LogP contribution in [0.1, 0.15) is 29.0 Å². The van der Waals surface area contributed by atoms with E-state index >= 15 is 0 Å². The van der Waals surface area contributed by atoms with E-state index in [-0.39, 0.29) is 0 Å². The molecule has 0 fully saturated rings. The Morgan fingerprint density at radius 1 is 1.26 bits per heavy atom. The number of aryl methyl sites for hydroxylation is 1. The minimum absolute atomic E-state index is 0.330. The van der Waals surface area contributed by atoms with E-state index in [9.17, 15) is 5.11 Å². The molecule has 5 nitrogen and oxygen atoms in total. The highest BCUT2D eigenvalue weighted by molar-refractivity contribution is 7.19. The topological polar surface area (TPSA) is 69.5 Å². The molecule has 0 amide bonds. The first kappa shape index (κ1) is 19.3. The van der Waals surface area contributed by atoms with Gasteiger partial charge in [-0.3, -0.25) is 9.98 Å². The molecule has 0 aliphatic rings. The van der Waals surface area contributed by atoms with Gasteiger partial charge in [-0.15, -0.1) is 11.3 Å². The molecule has 2 heterocycles. The van der Waals surface area contributed by atoms with Crippen molar-refractivity contribution in [2.75, 3.05) is 19.6 Å². The number of pyridine rings is 1. The third kappa shape index (κ3) is 5.28. The molecule has 6 heteroatoms. The zero-order valence-electron chi connectivity index (χ0n) is 15.8. The van der Waals surface area contributed by atoms with Crippen molar-refractivity contribution in [3.05, 3.63) is 64.8 Å². The van der Waals surface area contributed by atoms with Gasteiger partial charge < -0.3 is 15.7 Å². The first-order chi connectivity index (χ1) is 13.2. The number of nitrogens with one attached hydrogen (secondary N) is 2. The van der Waals surface area contributed by atoms with E-state index in [2.05, 4.69) is 39.7 Å². The molecular formula is C21H26N4OS. The standard InChI is InChI=1S/C21H26N4OS/c1-3-23-21(24-11-9-16-8-10-22-13-15(16)2)25-14-18(26)20-12-17-6-4-5-7-19(17)27-20/h4-8,10,12-13,18,26H,3,9,11,14H2,1-2H3,(H2,23,24,25). The minimum Gasteiger partial charge on any atom is -0.386 e. The molecule has 3 rings (SSSR count). The van der Waals surface area contributed by atoms with Gasteiger partial charge in [0.15, 0.2) is 5.96 Å². The van der Waals surface area contributed by atoms with E-state index in [1.54, 1.807) is 11.3 Å². The number of aliphatic hydroxyl groups excluding tert-OH is 1. The van der Waals surface area contributed by atoms with Crippen LogP contribution in [0.2, 0.25) is 0 Å². The molecule has 142 valence electrons. The normalized spacial score (nSPS) is 12.9. The molecule has 1 aromatic carbocycles. The van der Waals surface area contributed by atoms with Gasteiger partial charge in [0.2, 0.25) is 0 Å². The first-order valence-electron chi connectivity index (χ1n) is 9.25. The SMILES string of the molecule is CCNC(=NCC(O)c1cc2ccccc2s1)NCCc1ccncc1C. The van der Waals surface area contributed by atoms with Crippen molar-refractivity contribution in [3.63, 3.8) is 0 Å². The van der Waals surface area contributed by atoms with Crippen molar-refractivity contribution in [1.82, 2.24) is 15.6 Å². The van der Waals surface area contributed by atoms with Crippen LogP contribution in [0.5, 0.6) is 0 Å². The number of benzene rings is 1. The Labute approximate surface area is 164 Å². The molecular weight excluding hydrogens is 356 g/mol. The minimum atomic E-state index is -0.597. The van der Waals surface area contributed by atoms with E-state index in [1.807, 2.05) is 43.6 Å². The maximum absolute atomic E-state index is 10.5. The first-order valence-corrected chi connectivity index (χ1v) is 10.1. The fourth-order valence-electron chi connectivity index (χ4n) is 2.87. The molecule has 0 saturated heterocycles. The van der Waals surface area contributed by atoms with Gasteiger partial charge >= 0.3 is 0 Å². The van der Waals surface area contributed by atoms with Crippen LogP contribution in [-0.2, 0) is 6.42 Å². The monoisotopic (exact) mass is 382 g/mol. The van der Waals surface area contributed by atoms with Gasteiger partial charge in [-0.1, -0.05) is 18.2 Å². The summed E-state index contributed by atoms with van der Waals surface area (Å²) in [5, 5.41) is 18.3. The van der Waals surface area contributed by atoms with Crippen LogP contribution < -0.4 is 10.6 Å². The number of guanidine groups is 1. The van der Waals surface area contributed by atoms with Crippen LogP contribution in [0, 0.1) is 6.92 Å². The number of aliphatic hydroxyl groups is 1. The highest BCUT2D eigenvalue weighted by Gasteiger charge is 2.11. The van der Waals surface area contributed by atoms with Crippen LogP contribution in [0.25, 0.3) is 10.1 Å². The number of aromatic nitrogens is 1. The molecule has 0 spiro atoms. The van der Waals surface area contributed by atoms with E-state index in [4.69, 9.17) is 0 Å². The highest BCUT2D eigenvalue weighted by Crippen LogP contribution is 2.29. The fourth-order valence-corrected chi connectivity index (χ4v) is 3.92.